The molecule has 1 saturated carbocycles. The van der Waals surface area contributed by atoms with E-state index in [2.05, 4.69) is 42.5 Å². The Morgan fingerprint density at radius 3 is 2.62 bits per heavy atom. The third-order valence-corrected chi connectivity index (χ3v) is 8.57. The van der Waals surface area contributed by atoms with Gasteiger partial charge in [0, 0.05) is 34.3 Å². The van der Waals surface area contributed by atoms with Crippen molar-refractivity contribution < 1.29 is 19.0 Å². The van der Waals surface area contributed by atoms with Gasteiger partial charge in [-0.1, -0.05) is 6.07 Å². The fourth-order valence-electron chi connectivity index (χ4n) is 6.60. The van der Waals surface area contributed by atoms with Crippen LogP contribution in [0.5, 0.6) is 17.4 Å². The lowest BCUT2D eigenvalue weighted by molar-refractivity contribution is 0.0000874. The zero-order valence-electron chi connectivity index (χ0n) is 22.1. The summed E-state index contributed by atoms with van der Waals surface area (Å²) in [4.78, 5) is 6.71. The average Bonchev–Trinajstić information content (AvgIpc) is 3.77. The molecule has 2 N–H and O–H groups in total. The predicted molar refractivity (Wildman–Crippen MR) is 142 cm³/mol. The average molecular weight is 534 g/mol. The highest BCUT2D eigenvalue weighted by Crippen LogP contribution is 2.46. The molecule has 1 aromatic carbocycles. The maximum Gasteiger partial charge on any atom is 0.276 e. The van der Waals surface area contributed by atoms with E-state index in [0.29, 0.717) is 59.7 Å². The number of hydrogen-bond donors (Lipinski definition) is 2. The summed E-state index contributed by atoms with van der Waals surface area (Å²) >= 11 is 0. The smallest absolute Gasteiger partial charge is 0.276 e. The summed E-state index contributed by atoms with van der Waals surface area (Å²) in [6.07, 6.45) is 6.17. The van der Waals surface area contributed by atoms with Gasteiger partial charge in [0.05, 0.1) is 17.9 Å². The van der Waals surface area contributed by atoms with Crippen molar-refractivity contribution in [2.75, 3.05) is 18.1 Å². The molecule has 0 unspecified atom stereocenters. The van der Waals surface area contributed by atoms with Gasteiger partial charge in [0.1, 0.15) is 30.8 Å². The Labute approximate surface area is 226 Å². The van der Waals surface area contributed by atoms with E-state index in [4.69, 9.17) is 9.47 Å². The molecule has 0 spiro atoms. The number of piperidine rings is 2. The van der Waals surface area contributed by atoms with Gasteiger partial charge in [-0.25, -0.2) is 9.37 Å². The fraction of sp³-hybridized carbons (Fsp3) is 0.536. The quantitative estimate of drug-likeness (QED) is 0.501. The van der Waals surface area contributed by atoms with Crippen LogP contribution in [0.25, 0.3) is 22.5 Å². The highest BCUT2D eigenvalue weighted by molar-refractivity contribution is 5.73. The molecule has 39 heavy (non-hydrogen) atoms. The maximum atomic E-state index is 16.0. The Morgan fingerprint density at radius 1 is 1.03 bits per heavy atom. The minimum Gasteiger partial charge on any atom is -0.507 e. The Hall–Kier alpha value is -3.60. The first-order valence-corrected chi connectivity index (χ1v) is 13.7. The highest BCUT2D eigenvalue weighted by Gasteiger charge is 2.56. The number of fused-ring (bicyclic) bond motifs is 3. The van der Waals surface area contributed by atoms with Gasteiger partial charge in [-0.3, -0.25) is 0 Å². The number of nitrogens with zero attached hydrogens (tertiary/aromatic N) is 6. The first kappa shape index (κ1) is 24.4. The van der Waals surface area contributed by atoms with Gasteiger partial charge in [-0.2, -0.15) is 0 Å². The lowest BCUT2D eigenvalue weighted by Gasteiger charge is -2.57. The molecule has 3 aliphatic heterocycles. The van der Waals surface area contributed by atoms with Crippen LogP contribution in [0.4, 0.5) is 10.3 Å². The summed E-state index contributed by atoms with van der Waals surface area (Å²) in [5.74, 6) is 1.35. The first-order chi connectivity index (χ1) is 18.8. The number of nitrogens with one attached hydrogen (secondary N) is 1. The second-order valence-electron chi connectivity index (χ2n) is 11.7. The molecule has 3 fully saturated rings. The minimum absolute atomic E-state index is 0.0166. The number of anilines is 1. The number of hydrogen-bond acceptors (Lipinski definition) is 10. The van der Waals surface area contributed by atoms with Crippen molar-refractivity contribution in [2.45, 2.75) is 81.7 Å². The lowest BCUT2D eigenvalue weighted by Crippen LogP contribution is -2.73. The zero-order chi connectivity index (χ0) is 26.8. The van der Waals surface area contributed by atoms with E-state index in [9.17, 15) is 5.11 Å². The van der Waals surface area contributed by atoms with E-state index in [1.54, 1.807) is 24.4 Å². The summed E-state index contributed by atoms with van der Waals surface area (Å²) in [6.45, 7) is 5.11. The summed E-state index contributed by atoms with van der Waals surface area (Å²) in [7, 11) is 0. The van der Waals surface area contributed by atoms with Crippen molar-refractivity contribution in [3.63, 3.8) is 0 Å². The van der Waals surface area contributed by atoms with Gasteiger partial charge in [0.25, 0.3) is 5.88 Å². The largest absolute Gasteiger partial charge is 0.507 e. The molecule has 5 heterocycles. The van der Waals surface area contributed by atoms with Crippen molar-refractivity contribution in [1.82, 2.24) is 30.7 Å². The van der Waals surface area contributed by atoms with Crippen LogP contribution in [0, 0.1) is 0 Å². The minimum atomic E-state index is -1.03. The second-order valence-corrected chi connectivity index (χ2v) is 11.7. The van der Waals surface area contributed by atoms with Crippen LogP contribution in [0.3, 0.4) is 0 Å². The van der Waals surface area contributed by atoms with Crippen LogP contribution in [0.15, 0.2) is 30.5 Å². The van der Waals surface area contributed by atoms with Crippen LogP contribution in [-0.2, 0) is 0 Å². The van der Waals surface area contributed by atoms with E-state index in [1.807, 2.05) is 13.0 Å². The van der Waals surface area contributed by atoms with Crippen LogP contribution in [0.1, 0.15) is 52.4 Å². The number of phenols is 1. The Bertz CT molecular complexity index is 1400. The number of aromatic hydroxyl groups is 1. The Kier molecular flexibility index (Phi) is 5.62. The van der Waals surface area contributed by atoms with Crippen molar-refractivity contribution in [2.24, 2.45) is 0 Å². The number of alkyl halides is 1. The molecule has 2 aromatic heterocycles. The number of halogens is 1. The molecule has 2 saturated heterocycles. The summed E-state index contributed by atoms with van der Waals surface area (Å²) in [5.41, 5.74) is 1.50. The SMILES string of the molecule is C[C@@]12CCC[C@@](C)(N1)[C@@H](F)[C@@H](N(c1ncc(-c3ccc(-c4cc5c(nn4)OCCO5)cc3O)nn1)C1CC1)C2. The van der Waals surface area contributed by atoms with E-state index < -0.39 is 11.7 Å². The number of phenolic OH excluding ortho intramolecular Hbond substituents is 1. The monoisotopic (exact) mass is 533 g/mol. The number of benzene rings is 1. The van der Waals surface area contributed by atoms with Crippen LogP contribution >= 0.6 is 0 Å². The zero-order valence-corrected chi connectivity index (χ0v) is 22.1. The highest BCUT2D eigenvalue weighted by atomic mass is 19.1. The molecule has 1 aliphatic carbocycles. The molecule has 0 radical (unpaired) electrons. The summed E-state index contributed by atoms with van der Waals surface area (Å²) < 4.78 is 27.1. The fourth-order valence-corrected chi connectivity index (χ4v) is 6.60. The third kappa shape index (κ3) is 4.32. The molecule has 2 bridgehead atoms. The molecule has 3 aromatic rings. The van der Waals surface area contributed by atoms with Crippen molar-refractivity contribution >= 4 is 5.95 Å². The molecule has 4 atom stereocenters. The summed E-state index contributed by atoms with van der Waals surface area (Å²) in [6, 6.07) is 6.84. The van der Waals surface area contributed by atoms with Gasteiger partial charge in [0.15, 0.2) is 5.75 Å². The van der Waals surface area contributed by atoms with Gasteiger partial charge >= 0.3 is 0 Å². The number of rotatable bonds is 5. The van der Waals surface area contributed by atoms with Crippen molar-refractivity contribution in [3.8, 4) is 39.9 Å². The van der Waals surface area contributed by atoms with E-state index in [-0.39, 0.29) is 23.4 Å². The van der Waals surface area contributed by atoms with Crippen LogP contribution < -0.4 is 19.7 Å². The molecular weight excluding hydrogens is 501 g/mol. The van der Waals surface area contributed by atoms with Crippen LogP contribution in [0.2, 0.25) is 0 Å². The molecule has 204 valence electrons. The van der Waals surface area contributed by atoms with Gasteiger partial charge in [0.2, 0.25) is 5.95 Å². The predicted octanol–water partition coefficient (Wildman–Crippen LogP) is 3.84. The van der Waals surface area contributed by atoms with Crippen LogP contribution in [-0.4, -0.2) is 73.0 Å². The topological polar surface area (TPSA) is 118 Å². The molecular formula is C28H32FN7O3. The molecule has 11 heteroatoms. The Balaban J connectivity index is 1.15. The normalized spacial score (nSPS) is 29.6. The second kappa shape index (κ2) is 8.97. The Morgan fingerprint density at radius 2 is 1.85 bits per heavy atom. The van der Waals surface area contributed by atoms with E-state index in [1.165, 1.54) is 0 Å². The lowest BCUT2D eigenvalue weighted by atomic mass is 9.68. The molecule has 0 amide bonds. The van der Waals surface area contributed by atoms with Crippen molar-refractivity contribution in [1.29, 1.82) is 0 Å². The molecule has 4 aliphatic rings. The van der Waals surface area contributed by atoms with Gasteiger partial charge in [-0.15, -0.1) is 20.4 Å². The molecule has 10 nitrogen and oxygen atoms in total. The van der Waals surface area contributed by atoms with Gasteiger partial charge in [-0.05, 0) is 64.5 Å². The molecule has 7 rings (SSSR count). The standard InChI is InChI=1S/C28H32FN7O3/c1-27-8-3-9-28(2,35-27)24(29)21(14-27)36(17-5-6-17)26-30-15-20(32-34-26)18-7-4-16(12-22(18)37)19-13-23-25(33-31-19)39-11-10-38-23/h4,7,12-13,15,17,21,24,35,37H,3,5-6,8-11,14H2,1-2H3/t21-,24-,27-,28+/m0/s1. The van der Waals surface area contributed by atoms with Crippen molar-refractivity contribution in [3.05, 3.63) is 30.5 Å². The van der Waals surface area contributed by atoms with E-state index in [0.717, 1.165) is 32.1 Å². The number of aromatic nitrogens is 5. The van der Waals surface area contributed by atoms with Gasteiger partial charge < -0.3 is 24.8 Å². The number of ether oxygens (including phenoxy) is 2. The summed E-state index contributed by atoms with van der Waals surface area (Å²) in [5, 5.41) is 31.6. The maximum absolute atomic E-state index is 16.0. The third-order valence-electron chi connectivity index (χ3n) is 8.57. The first-order valence-electron chi connectivity index (χ1n) is 13.7. The van der Waals surface area contributed by atoms with E-state index >= 15 is 4.39 Å².